The van der Waals surface area contributed by atoms with E-state index in [4.69, 9.17) is 0 Å². The third-order valence-corrected chi connectivity index (χ3v) is 3.51. The second-order valence-corrected chi connectivity index (χ2v) is 5.39. The quantitative estimate of drug-likeness (QED) is 0.604. The van der Waals surface area contributed by atoms with Crippen LogP contribution in [0.25, 0.3) is 0 Å². The van der Waals surface area contributed by atoms with Crippen LogP contribution in [0.3, 0.4) is 0 Å². The Morgan fingerprint density at radius 2 is 2.06 bits per heavy atom. The topological polar surface area (TPSA) is 46.4 Å². The summed E-state index contributed by atoms with van der Waals surface area (Å²) in [5, 5.41) is 10.6. The molecule has 0 radical (unpaired) electrons. The summed E-state index contributed by atoms with van der Waals surface area (Å²) >= 11 is 0. The fourth-order valence-corrected chi connectivity index (χ4v) is 2.73. The van der Waals surface area contributed by atoms with Gasteiger partial charge in [0, 0.05) is 30.4 Å². The number of hydrogen-bond acceptors (Lipinski definition) is 3. The maximum absolute atomic E-state index is 10.6. The van der Waals surface area contributed by atoms with Crippen molar-refractivity contribution in [3.63, 3.8) is 0 Å². The van der Waals surface area contributed by atoms with Gasteiger partial charge in [0.2, 0.25) is 0 Å². The van der Waals surface area contributed by atoms with Gasteiger partial charge in [-0.2, -0.15) is 0 Å². The molecule has 4 nitrogen and oxygen atoms in total. The first kappa shape index (κ1) is 12.9. The SMILES string of the molecule is CC(C)CC1CCCN1c1ccc([N+](=O)[O-])cc1. The van der Waals surface area contributed by atoms with E-state index in [2.05, 4.69) is 18.7 Å². The van der Waals surface area contributed by atoms with Gasteiger partial charge in [0.1, 0.15) is 0 Å². The van der Waals surface area contributed by atoms with Gasteiger partial charge in [0.15, 0.2) is 0 Å². The summed E-state index contributed by atoms with van der Waals surface area (Å²) in [4.78, 5) is 12.7. The zero-order valence-electron chi connectivity index (χ0n) is 11.0. The van der Waals surface area contributed by atoms with Gasteiger partial charge < -0.3 is 4.90 Å². The Bertz CT molecular complexity index is 414. The maximum Gasteiger partial charge on any atom is 0.269 e. The van der Waals surface area contributed by atoms with Crippen molar-refractivity contribution in [3.05, 3.63) is 34.4 Å². The van der Waals surface area contributed by atoms with Crippen LogP contribution in [0.1, 0.15) is 33.1 Å². The van der Waals surface area contributed by atoms with Crippen LogP contribution in [-0.2, 0) is 0 Å². The van der Waals surface area contributed by atoms with E-state index in [9.17, 15) is 10.1 Å². The number of rotatable bonds is 4. The molecule has 1 saturated heterocycles. The second-order valence-electron chi connectivity index (χ2n) is 5.39. The molecule has 1 unspecified atom stereocenters. The molecule has 98 valence electrons. The number of nitrogens with zero attached hydrogens (tertiary/aromatic N) is 2. The predicted molar refractivity (Wildman–Crippen MR) is 72.9 cm³/mol. The molecule has 0 aromatic heterocycles. The zero-order valence-corrected chi connectivity index (χ0v) is 11.0. The summed E-state index contributed by atoms with van der Waals surface area (Å²) in [6.45, 7) is 5.55. The number of nitro benzene ring substituents is 1. The van der Waals surface area contributed by atoms with Crippen LogP contribution in [-0.4, -0.2) is 17.5 Å². The standard InChI is InChI=1S/C14H20N2O2/c1-11(2)10-14-4-3-9-15(14)12-5-7-13(8-6-12)16(17)18/h5-8,11,14H,3-4,9-10H2,1-2H3. The Morgan fingerprint density at radius 1 is 1.39 bits per heavy atom. The molecule has 0 aliphatic carbocycles. The first-order valence-corrected chi connectivity index (χ1v) is 6.59. The van der Waals surface area contributed by atoms with E-state index in [1.807, 2.05) is 12.1 Å². The molecule has 0 amide bonds. The molecule has 0 spiro atoms. The molecule has 2 rings (SSSR count). The fourth-order valence-electron chi connectivity index (χ4n) is 2.73. The summed E-state index contributed by atoms with van der Waals surface area (Å²) in [7, 11) is 0. The monoisotopic (exact) mass is 248 g/mol. The average Bonchev–Trinajstić information content (AvgIpc) is 2.76. The lowest BCUT2D eigenvalue weighted by molar-refractivity contribution is -0.384. The van der Waals surface area contributed by atoms with Crippen LogP contribution in [0.15, 0.2) is 24.3 Å². The first-order chi connectivity index (χ1) is 8.58. The number of non-ortho nitro benzene ring substituents is 1. The molecule has 18 heavy (non-hydrogen) atoms. The molecule has 1 atom stereocenters. The summed E-state index contributed by atoms with van der Waals surface area (Å²) in [5.41, 5.74) is 1.28. The molecular weight excluding hydrogens is 228 g/mol. The van der Waals surface area contributed by atoms with E-state index >= 15 is 0 Å². The van der Waals surface area contributed by atoms with Crippen molar-refractivity contribution in [1.82, 2.24) is 0 Å². The maximum atomic E-state index is 10.6. The number of nitro groups is 1. The predicted octanol–water partition coefficient (Wildman–Crippen LogP) is 3.61. The smallest absolute Gasteiger partial charge is 0.269 e. The van der Waals surface area contributed by atoms with Gasteiger partial charge in [0.25, 0.3) is 5.69 Å². The number of benzene rings is 1. The van der Waals surface area contributed by atoms with Crippen molar-refractivity contribution in [2.75, 3.05) is 11.4 Å². The molecule has 0 bridgehead atoms. The number of hydrogen-bond donors (Lipinski definition) is 0. The minimum absolute atomic E-state index is 0.165. The van der Waals surface area contributed by atoms with Crippen molar-refractivity contribution in [2.45, 2.75) is 39.2 Å². The Balaban J connectivity index is 2.12. The van der Waals surface area contributed by atoms with E-state index in [-0.39, 0.29) is 10.6 Å². The first-order valence-electron chi connectivity index (χ1n) is 6.59. The number of anilines is 1. The molecule has 0 saturated carbocycles. The van der Waals surface area contributed by atoms with Crippen LogP contribution in [0.2, 0.25) is 0 Å². The molecule has 1 aromatic carbocycles. The second kappa shape index (κ2) is 5.38. The minimum Gasteiger partial charge on any atom is -0.369 e. The molecule has 1 heterocycles. The van der Waals surface area contributed by atoms with Crippen molar-refractivity contribution in [2.24, 2.45) is 5.92 Å². The molecule has 1 fully saturated rings. The third kappa shape index (κ3) is 2.81. The third-order valence-electron chi connectivity index (χ3n) is 3.51. The minimum atomic E-state index is -0.348. The molecule has 0 N–H and O–H groups in total. The van der Waals surface area contributed by atoms with E-state index in [1.54, 1.807) is 12.1 Å². The highest BCUT2D eigenvalue weighted by atomic mass is 16.6. The van der Waals surface area contributed by atoms with Crippen LogP contribution in [0.4, 0.5) is 11.4 Å². The van der Waals surface area contributed by atoms with Gasteiger partial charge in [-0.3, -0.25) is 10.1 Å². The molecule has 4 heteroatoms. The van der Waals surface area contributed by atoms with Gasteiger partial charge in [-0.1, -0.05) is 13.8 Å². The highest BCUT2D eigenvalue weighted by Gasteiger charge is 2.25. The van der Waals surface area contributed by atoms with Gasteiger partial charge in [-0.05, 0) is 37.3 Å². The molecule has 1 aromatic rings. The Hall–Kier alpha value is -1.58. The normalized spacial score (nSPS) is 19.5. The highest BCUT2D eigenvalue weighted by Crippen LogP contribution is 2.30. The summed E-state index contributed by atoms with van der Waals surface area (Å²) in [5.74, 6) is 0.689. The Kier molecular flexibility index (Phi) is 3.84. The van der Waals surface area contributed by atoms with Crippen molar-refractivity contribution in [3.8, 4) is 0 Å². The van der Waals surface area contributed by atoms with Crippen molar-refractivity contribution in [1.29, 1.82) is 0 Å². The van der Waals surface area contributed by atoms with Gasteiger partial charge in [-0.15, -0.1) is 0 Å². The lowest BCUT2D eigenvalue weighted by Crippen LogP contribution is -2.30. The van der Waals surface area contributed by atoms with Crippen LogP contribution < -0.4 is 4.90 Å². The van der Waals surface area contributed by atoms with Crippen molar-refractivity contribution < 1.29 is 4.92 Å². The van der Waals surface area contributed by atoms with Gasteiger partial charge in [0.05, 0.1) is 4.92 Å². The van der Waals surface area contributed by atoms with E-state index in [0.29, 0.717) is 12.0 Å². The Morgan fingerprint density at radius 3 is 2.61 bits per heavy atom. The van der Waals surface area contributed by atoms with Crippen LogP contribution in [0, 0.1) is 16.0 Å². The van der Waals surface area contributed by atoms with E-state index < -0.39 is 0 Å². The molecular formula is C14H20N2O2. The van der Waals surface area contributed by atoms with Crippen LogP contribution >= 0.6 is 0 Å². The summed E-state index contributed by atoms with van der Waals surface area (Å²) < 4.78 is 0. The van der Waals surface area contributed by atoms with E-state index in [1.165, 1.54) is 19.3 Å². The van der Waals surface area contributed by atoms with Crippen LogP contribution in [0.5, 0.6) is 0 Å². The van der Waals surface area contributed by atoms with Crippen molar-refractivity contribution >= 4 is 11.4 Å². The molecule has 1 aliphatic heterocycles. The average molecular weight is 248 g/mol. The zero-order chi connectivity index (χ0) is 13.1. The fraction of sp³-hybridized carbons (Fsp3) is 0.571. The summed E-state index contributed by atoms with van der Waals surface area (Å²) in [6.07, 6.45) is 3.64. The lowest BCUT2D eigenvalue weighted by atomic mass is 10.0. The van der Waals surface area contributed by atoms with Gasteiger partial charge >= 0.3 is 0 Å². The summed E-state index contributed by atoms with van der Waals surface area (Å²) in [6, 6.07) is 7.53. The van der Waals surface area contributed by atoms with Gasteiger partial charge in [-0.25, -0.2) is 0 Å². The largest absolute Gasteiger partial charge is 0.369 e. The highest BCUT2D eigenvalue weighted by molar-refractivity contribution is 5.52. The van der Waals surface area contributed by atoms with E-state index in [0.717, 1.165) is 12.2 Å². The lowest BCUT2D eigenvalue weighted by Gasteiger charge is -2.28. The Labute approximate surface area is 108 Å². The molecule has 1 aliphatic rings.